The van der Waals surface area contributed by atoms with E-state index in [0.29, 0.717) is 38.5 Å². The highest BCUT2D eigenvalue weighted by Gasteiger charge is 2.20. The number of fused-ring (bicyclic) bond motifs is 9. The zero-order chi connectivity index (χ0) is 43.9. The quantitative estimate of drug-likeness (QED) is 0.184. The van der Waals surface area contributed by atoms with E-state index in [0.717, 1.165) is 10.8 Å². The summed E-state index contributed by atoms with van der Waals surface area (Å²) in [5.41, 5.74) is 3.15. The molecule has 51 heavy (non-hydrogen) atoms. The van der Waals surface area contributed by atoms with Gasteiger partial charge in [0.15, 0.2) is 0 Å². The molecular formula is C47H30N4. The Hall–Kier alpha value is -6.91. The number of benzene rings is 7. The van der Waals surface area contributed by atoms with Gasteiger partial charge >= 0.3 is 0 Å². The van der Waals surface area contributed by atoms with E-state index in [-0.39, 0.29) is 74.8 Å². The first-order valence-electron chi connectivity index (χ1n) is 22.4. The third kappa shape index (κ3) is 4.05. The van der Waals surface area contributed by atoms with Crippen LogP contribution in [0.5, 0.6) is 0 Å². The van der Waals surface area contributed by atoms with Crippen molar-refractivity contribution in [2.75, 3.05) is 0 Å². The Kier molecular flexibility index (Phi) is 3.97. The number of para-hydroxylation sites is 7. The number of rotatable bonds is 4. The van der Waals surface area contributed by atoms with E-state index in [1.807, 2.05) is 48.5 Å². The molecule has 11 aromatic rings. The Morgan fingerprint density at radius 2 is 0.843 bits per heavy atom. The summed E-state index contributed by atoms with van der Waals surface area (Å²) in [5, 5.41) is 3.30. The van der Waals surface area contributed by atoms with Crippen LogP contribution in [0.4, 0.5) is 0 Å². The second kappa shape index (κ2) is 10.8. The molecule has 7 aromatic carbocycles. The monoisotopic (exact) mass is 662 g/mol. The van der Waals surface area contributed by atoms with Crippen LogP contribution in [0, 0.1) is 0 Å². The van der Waals surface area contributed by atoms with Crippen molar-refractivity contribution >= 4 is 65.4 Å². The minimum atomic E-state index is -0.509. The third-order valence-corrected chi connectivity index (χ3v) is 9.62. The van der Waals surface area contributed by atoms with Crippen molar-refractivity contribution in [2.24, 2.45) is 0 Å². The van der Waals surface area contributed by atoms with Crippen LogP contribution in [0.2, 0.25) is 0 Å². The van der Waals surface area contributed by atoms with Gasteiger partial charge in [-0.1, -0.05) is 127 Å². The average molecular weight is 663 g/mol. The standard InChI is InChI=1S/C47H30N4/c1-8-22-40-32(15-1)33-16-2-9-23-41(33)49(40)31-29-39(48-47(30-31)51-44-26-12-5-19-36(44)37-20-6-13-27-45(37)51)38-21-7-14-28-46(38)50-42-24-10-3-17-34(42)35-18-4-11-25-43(35)50/h1-30H/i1D,5D,7D,8D,12D,14D,15D,19D,21D,22D,26D,28D. The molecule has 0 amide bonds. The minimum absolute atomic E-state index is 0.0287. The van der Waals surface area contributed by atoms with Gasteiger partial charge in [0.2, 0.25) is 0 Å². The van der Waals surface area contributed by atoms with Crippen LogP contribution in [-0.4, -0.2) is 18.7 Å². The van der Waals surface area contributed by atoms with E-state index in [2.05, 4.69) is 0 Å². The Labute approximate surface area is 310 Å². The number of hydrogen-bond donors (Lipinski definition) is 0. The molecule has 4 heteroatoms. The van der Waals surface area contributed by atoms with Crippen molar-refractivity contribution in [3.05, 3.63) is 182 Å². The maximum atomic E-state index is 9.61. The molecule has 0 spiro atoms. The number of hydrogen-bond acceptors (Lipinski definition) is 1. The molecule has 4 nitrogen and oxygen atoms in total. The van der Waals surface area contributed by atoms with E-state index >= 15 is 0 Å². The van der Waals surface area contributed by atoms with E-state index in [4.69, 9.17) is 16.0 Å². The second-order valence-electron chi connectivity index (χ2n) is 12.3. The smallest absolute Gasteiger partial charge is 0.140 e. The first-order valence-corrected chi connectivity index (χ1v) is 16.4. The average Bonchev–Trinajstić information content (AvgIpc) is 3.96. The van der Waals surface area contributed by atoms with Crippen LogP contribution in [-0.2, 0) is 0 Å². The highest BCUT2D eigenvalue weighted by Crippen LogP contribution is 2.39. The fourth-order valence-electron chi connectivity index (χ4n) is 7.54. The topological polar surface area (TPSA) is 27.7 Å². The van der Waals surface area contributed by atoms with Crippen LogP contribution in [0.3, 0.4) is 0 Å². The zero-order valence-corrected chi connectivity index (χ0v) is 26.7. The van der Waals surface area contributed by atoms with Gasteiger partial charge in [0.1, 0.15) is 5.82 Å². The van der Waals surface area contributed by atoms with E-state index in [1.165, 1.54) is 0 Å². The molecule has 4 heterocycles. The first-order chi connectivity index (χ1) is 30.3. The molecule has 0 aliphatic heterocycles. The Morgan fingerprint density at radius 1 is 0.392 bits per heavy atom. The zero-order valence-electron chi connectivity index (χ0n) is 38.7. The summed E-state index contributed by atoms with van der Waals surface area (Å²) in [5.74, 6) is 0.117. The van der Waals surface area contributed by atoms with Crippen molar-refractivity contribution in [3.63, 3.8) is 0 Å². The van der Waals surface area contributed by atoms with Gasteiger partial charge in [-0.3, -0.25) is 4.57 Å². The molecule has 0 saturated heterocycles. The lowest BCUT2D eigenvalue weighted by molar-refractivity contribution is 1.06. The molecule has 0 aliphatic rings. The summed E-state index contributed by atoms with van der Waals surface area (Å²) in [6.45, 7) is 0. The van der Waals surface area contributed by atoms with Gasteiger partial charge in [0, 0.05) is 43.9 Å². The van der Waals surface area contributed by atoms with Gasteiger partial charge in [-0.05, 0) is 48.5 Å². The molecule has 0 aliphatic carbocycles. The third-order valence-electron chi connectivity index (χ3n) is 9.62. The van der Waals surface area contributed by atoms with E-state index < -0.39 is 42.3 Å². The maximum absolute atomic E-state index is 9.61. The van der Waals surface area contributed by atoms with Crippen molar-refractivity contribution in [3.8, 4) is 28.5 Å². The minimum Gasteiger partial charge on any atom is -0.309 e. The Bertz CT molecular complexity index is 3640. The second-order valence-corrected chi connectivity index (χ2v) is 12.3. The van der Waals surface area contributed by atoms with Crippen LogP contribution in [0.25, 0.3) is 93.9 Å². The molecule has 11 rings (SSSR count). The molecule has 0 saturated carbocycles. The van der Waals surface area contributed by atoms with E-state index in [1.54, 1.807) is 74.4 Å². The molecular weight excluding hydrogens is 621 g/mol. The lowest BCUT2D eigenvalue weighted by atomic mass is 10.1. The van der Waals surface area contributed by atoms with Crippen molar-refractivity contribution in [1.82, 2.24) is 18.7 Å². The van der Waals surface area contributed by atoms with Crippen molar-refractivity contribution < 1.29 is 16.4 Å². The number of aromatic nitrogens is 4. The molecule has 238 valence electrons. The molecule has 0 radical (unpaired) electrons. The summed E-state index contributed by atoms with van der Waals surface area (Å²) in [6.07, 6.45) is 0. The number of nitrogens with zero attached hydrogens (tertiary/aromatic N) is 4. The molecule has 0 atom stereocenters. The highest BCUT2D eigenvalue weighted by molar-refractivity contribution is 6.11. The Morgan fingerprint density at radius 3 is 1.45 bits per heavy atom. The maximum Gasteiger partial charge on any atom is 0.140 e. The molecule has 0 N–H and O–H groups in total. The largest absolute Gasteiger partial charge is 0.309 e. The van der Waals surface area contributed by atoms with Gasteiger partial charge < -0.3 is 9.13 Å². The summed E-state index contributed by atoms with van der Waals surface area (Å²) < 4.78 is 113. The SMILES string of the molecule is [2H]c1c([2H])c([2H])c(-n2c3ccccc3c3ccccc32)c(-c2cc(-n3c4ccccc4c4c([2H])c([2H])c([2H])c([2H])c43)cc(-n3c4ccccc4c4c([2H])c([2H])c([2H])c([2H])c43)n2)c1[2H]. The number of pyridine rings is 1. The lowest BCUT2D eigenvalue weighted by Crippen LogP contribution is -2.04. The summed E-state index contributed by atoms with van der Waals surface area (Å²) in [4.78, 5) is 5.20. The fraction of sp³-hybridized carbons (Fsp3) is 0. The highest BCUT2D eigenvalue weighted by atomic mass is 15.1. The van der Waals surface area contributed by atoms with Gasteiger partial charge in [-0.2, -0.15) is 0 Å². The van der Waals surface area contributed by atoms with Gasteiger partial charge in [0.05, 0.1) is 66.6 Å². The summed E-state index contributed by atoms with van der Waals surface area (Å²) in [6, 6.07) is 28.1. The van der Waals surface area contributed by atoms with Crippen molar-refractivity contribution in [2.45, 2.75) is 0 Å². The predicted molar refractivity (Wildman–Crippen MR) is 213 cm³/mol. The predicted octanol–water partition coefficient (Wildman–Crippen LogP) is 12.0. The fourth-order valence-corrected chi connectivity index (χ4v) is 7.54. The van der Waals surface area contributed by atoms with Crippen LogP contribution < -0.4 is 0 Å². The normalized spacial score (nSPS) is 15.2. The summed E-state index contributed by atoms with van der Waals surface area (Å²) >= 11 is 0. The van der Waals surface area contributed by atoms with Crippen LogP contribution in [0.1, 0.15) is 16.4 Å². The Balaban J connectivity index is 1.37. The molecule has 0 fully saturated rings. The summed E-state index contributed by atoms with van der Waals surface area (Å²) in [7, 11) is 0. The van der Waals surface area contributed by atoms with Gasteiger partial charge in [-0.15, -0.1) is 0 Å². The van der Waals surface area contributed by atoms with Gasteiger partial charge in [0.25, 0.3) is 0 Å². The first kappa shape index (κ1) is 18.7. The van der Waals surface area contributed by atoms with E-state index in [9.17, 15) is 5.48 Å². The van der Waals surface area contributed by atoms with Crippen molar-refractivity contribution in [1.29, 1.82) is 0 Å². The molecule has 4 aromatic heterocycles. The van der Waals surface area contributed by atoms with Gasteiger partial charge in [-0.25, -0.2) is 4.98 Å². The molecule has 0 unspecified atom stereocenters. The van der Waals surface area contributed by atoms with Crippen LogP contribution >= 0.6 is 0 Å². The molecule has 0 bridgehead atoms. The van der Waals surface area contributed by atoms with Crippen LogP contribution in [0.15, 0.2) is 182 Å². The lowest BCUT2D eigenvalue weighted by Gasteiger charge is -2.17.